The summed E-state index contributed by atoms with van der Waals surface area (Å²) < 4.78 is 12.1. The minimum Gasteiger partial charge on any atom is -0.493 e. The van der Waals surface area contributed by atoms with Gasteiger partial charge >= 0.3 is 0 Å². The topological polar surface area (TPSA) is 90.3 Å². The SMILES string of the molecule is Cc1c2c(nn1C)CSCc1cc(n(C)n1)CSc1cc(c3ccccc3c1)OCCCc1c(C(O)O)n(C)c3c-2c(Cl)cc(Cl)c13. The Balaban J connectivity index is 1.38. The number of ether oxygens (including phenoxy) is 1. The van der Waals surface area contributed by atoms with Crippen molar-refractivity contribution in [3.05, 3.63) is 92.6 Å². The van der Waals surface area contributed by atoms with Gasteiger partial charge in [-0.05, 0) is 55.0 Å². The molecular formula is C35H35Cl2N5O3S2. The van der Waals surface area contributed by atoms with Crippen molar-refractivity contribution in [3.8, 4) is 16.9 Å². The summed E-state index contributed by atoms with van der Waals surface area (Å²) in [6.45, 7) is 2.46. The van der Waals surface area contributed by atoms with Gasteiger partial charge in [0.1, 0.15) is 5.75 Å². The molecule has 0 fully saturated rings. The van der Waals surface area contributed by atoms with E-state index in [4.69, 9.17) is 38.1 Å². The summed E-state index contributed by atoms with van der Waals surface area (Å²) in [6.07, 6.45) is -0.554. The van der Waals surface area contributed by atoms with E-state index in [9.17, 15) is 10.2 Å². The lowest BCUT2D eigenvalue weighted by Crippen LogP contribution is -2.07. The van der Waals surface area contributed by atoms with Gasteiger partial charge in [0, 0.05) is 76.6 Å². The van der Waals surface area contributed by atoms with Crippen LogP contribution in [-0.4, -0.2) is 40.9 Å². The number of nitrogens with zero attached hydrogens (tertiary/aromatic N) is 5. The van der Waals surface area contributed by atoms with Gasteiger partial charge in [-0.2, -0.15) is 10.2 Å². The summed E-state index contributed by atoms with van der Waals surface area (Å²) in [5.74, 6) is 2.97. The zero-order valence-corrected chi connectivity index (χ0v) is 29.7. The summed E-state index contributed by atoms with van der Waals surface area (Å²) in [6, 6.07) is 16.5. The van der Waals surface area contributed by atoms with Gasteiger partial charge in [-0.15, -0.1) is 23.5 Å². The molecule has 1 aliphatic heterocycles. The number of rotatable bonds is 1. The van der Waals surface area contributed by atoms with Crippen molar-refractivity contribution >= 4 is 68.4 Å². The Morgan fingerprint density at radius 2 is 1.72 bits per heavy atom. The van der Waals surface area contributed by atoms with Crippen molar-refractivity contribution in [1.29, 1.82) is 0 Å². The molecule has 7 rings (SSSR count). The second kappa shape index (κ2) is 13.1. The quantitative estimate of drug-likeness (QED) is 0.167. The molecule has 0 spiro atoms. The maximum Gasteiger partial charge on any atom is 0.194 e. The van der Waals surface area contributed by atoms with E-state index >= 15 is 0 Å². The Kier molecular flexibility index (Phi) is 9.01. The number of thioether (sulfide) groups is 2. The molecule has 0 aliphatic carbocycles. The van der Waals surface area contributed by atoms with E-state index in [1.54, 1.807) is 29.6 Å². The van der Waals surface area contributed by atoms with Crippen LogP contribution in [0.1, 0.15) is 46.7 Å². The van der Waals surface area contributed by atoms with Gasteiger partial charge in [-0.3, -0.25) is 9.36 Å². The van der Waals surface area contributed by atoms with Crippen LogP contribution in [0.5, 0.6) is 5.75 Å². The molecule has 0 radical (unpaired) electrons. The van der Waals surface area contributed by atoms with Crippen LogP contribution >= 0.6 is 46.7 Å². The first-order chi connectivity index (χ1) is 22.6. The number of aryl methyl sites for hydroxylation is 4. The average Bonchev–Trinajstić information content (AvgIpc) is 3.64. The number of aliphatic hydroxyl groups is 2. The van der Waals surface area contributed by atoms with E-state index in [1.165, 1.54) is 0 Å². The fourth-order valence-corrected chi connectivity index (χ4v) is 9.17. The third-order valence-corrected chi connectivity index (χ3v) is 11.5. The van der Waals surface area contributed by atoms with Crippen molar-refractivity contribution in [3.63, 3.8) is 0 Å². The number of fused-ring (bicyclic) bond motifs is 8. The Bertz CT molecular complexity index is 2150. The first kappa shape index (κ1) is 32.4. The summed E-state index contributed by atoms with van der Waals surface area (Å²) in [5, 5.41) is 34.9. The number of aliphatic hydroxyl groups excluding tert-OH is 1. The van der Waals surface area contributed by atoms with Gasteiger partial charge in [0.2, 0.25) is 0 Å². The first-order valence-electron chi connectivity index (χ1n) is 15.4. The molecule has 4 heterocycles. The van der Waals surface area contributed by atoms with Crippen LogP contribution in [0.4, 0.5) is 0 Å². The summed E-state index contributed by atoms with van der Waals surface area (Å²) in [5.41, 5.74) is 7.63. The van der Waals surface area contributed by atoms with E-state index in [1.807, 2.05) is 54.1 Å². The zero-order valence-electron chi connectivity index (χ0n) is 26.5. The molecule has 0 unspecified atom stereocenters. The lowest BCUT2D eigenvalue weighted by Gasteiger charge is -2.13. The number of hydrogen-bond acceptors (Lipinski definition) is 7. The molecule has 3 aromatic carbocycles. The van der Waals surface area contributed by atoms with Crippen molar-refractivity contribution < 1.29 is 14.9 Å². The summed E-state index contributed by atoms with van der Waals surface area (Å²) in [7, 11) is 5.76. The minimum atomic E-state index is -1.71. The lowest BCUT2D eigenvalue weighted by atomic mass is 9.98. The maximum atomic E-state index is 10.7. The predicted molar refractivity (Wildman–Crippen MR) is 193 cm³/mol. The van der Waals surface area contributed by atoms with Gasteiger partial charge in [0.15, 0.2) is 6.29 Å². The Labute approximate surface area is 291 Å². The zero-order chi connectivity index (χ0) is 33.0. The van der Waals surface area contributed by atoms with E-state index in [-0.39, 0.29) is 0 Å². The molecule has 0 saturated carbocycles. The molecule has 0 atom stereocenters. The normalized spacial score (nSPS) is 14.5. The number of halogens is 2. The molecule has 2 N–H and O–H groups in total. The van der Waals surface area contributed by atoms with Crippen molar-refractivity contribution in [2.24, 2.45) is 21.1 Å². The standard InChI is InChI=1S/C35H35Cl2N5O3S2/c1-19-30-28(39-41(19)3)18-46-16-21-13-22(42(4)38-21)17-47-23-12-20-8-5-6-9-24(20)29(14-23)45-11-7-10-25-31-26(36)15-27(37)32(30)34(31)40(2)33(25)35(43)44/h5-6,8-9,12-15,35,43-44H,7,10-11,16-18H2,1-4H3. The van der Waals surface area contributed by atoms with Crippen LogP contribution in [0.3, 0.4) is 0 Å². The second-order valence-corrected chi connectivity index (χ2v) is 14.7. The van der Waals surface area contributed by atoms with Crippen LogP contribution in [0, 0.1) is 6.92 Å². The van der Waals surface area contributed by atoms with Crippen LogP contribution in [0.25, 0.3) is 32.8 Å². The summed E-state index contributed by atoms with van der Waals surface area (Å²) >= 11 is 17.5. The molecule has 8 bridgehead atoms. The molecule has 8 nitrogen and oxygen atoms in total. The molecule has 47 heavy (non-hydrogen) atoms. The smallest absolute Gasteiger partial charge is 0.194 e. The number of benzene rings is 3. The first-order valence-corrected chi connectivity index (χ1v) is 18.3. The highest BCUT2D eigenvalue weighted by atomic mass is 35.5. The fraction of sp³-hybridized carbons (Fsp3) is 0.314. The van der Waals surface area contributed by atoms with Gasteiger partial charge in [0.25, 0.3) is 0 Å². The van der Waals surface area contributed by atoms with Gasteiger partial charge in [-0.25, -0.2) is 0 Å². The van der Waals surface area contributed by atoms with Gasteiger partial charge in [0.05, 0.1) is 39.3 Å². The van der Waals surface area contributed by atoms with E-state index < -0.39 is 6.29 Å². The number of aromatic nitrogens is 5. The molecule has 12 heteroatoms. The van der Waals surface area contributed by atoms with Crippen molar-refractivity contribution in [2.45, 2.75) is 48.2 Å². The Morgan fingerprint density at radius 1 is 0.915 bits per heavy atom. The van der Waals surface area contributed by atoms with Gasteiger partial charge < -0.3 is 19.5 Å². The van der Waals surface area contributed by atoms with Gasteiger partial charge in [-0.1, -0.05) is 47.5 Å². The number of hydrogen-bond donors (Lipinski definition) is 2. The maximum absolute atomic E-state index is 10.7. The average molecular weight is 709 g/mol. The molecular weight excluding hydrogens is 673 g/mol. The molecule has 244 valence electrons. The van der Waals surface area contributed by atoms with Crippen molar-refractivity contribution in [1.82, 2.24) is 24.1 Å². The molecule has 1 aliphatic rings. The monoisotopic (exact) mass is 707 g/mol. The van der Waals surface area contributed by atoms with E-state index in [0.29, 0.717) is 40.9 Å². The summed E-state index contributed by atoms with van der Waals surface area (Å²) in [4.78, 5) is 1.12. The van der Waals surface area contributed by atoms with E-state index in [2.05, 4.69) is 30.3 Å². The third kappa shape index (κ3) is 5.94. The van der Waals surface area contributed by atoms with Crippen LogP contribution in [0.2, 0.25) is 10.0 Å². The third-order valence-electron chi connectivity index (χ3n) is 8.94. The predicted octanol–water partition coefficient (Wildman–Crippen LogP) is 8.11. The fourth-order valence-electron chi connectivity index (χ4n) is 6.67. The largest absolute Gasteiger partial charge is 0.493 e. The Morgan fingerprint density at radius 3 is 2.53 bits per heavy atom. The van der Waals surface area contributed by atoms with E-state index in [0.717, 1.165) is 83.3 Å². The highest BCUT2D eigenvalue weighted by Gasteiger charge is 2.28. The van der Waals surface area contributed by atoms with Crippen LogP contribution in [-0.2, 0) is 44.8 Å². The lowest BCUT2D eigenvalue weighted by molar-refractivity contribution is -0.0481. The Hall–Kier alpha value is -3.12. The molecule has 3 aromatic heterocycles. The minimum absolute atomic E-state index is 0.389. The molecule has 0 saturated heterocycles. The molecule has 0 amide bonds. The second-order valence-electron chi connectivity index (χ2n) is 11.9. The highest BCUT2D eigenvalue weighted by molar-refractivity contribution is 7.98. The molecule has 6 aromatic rings. The van der Waals surface area contributed by atoms with Crippen LogP contribution in [0.15, 0.2) is 53.4 Å². The van der Waals surface area contributed by atoms with Crippen molar-refractivity contribution in [2.75, 3.05) is 6.61 Å². The van der Waals surface area contributed by atoms with Crippen LogP contribution < -0.4 is 4.74 Å². The highest BCUT2D eigenvalue weighted by Crippen LogP contribution is 2.46.